The number of rotatable bonds is 3. The molecule has 0 amide bonds. The highest BCUT2D eigenvalue weighted by atomic mass is 16.6. The van der Waals surface area contributed by atoms with E-state index in [1.807, 2.05) is 13.0 Å². The van der Waals surface area contributed by atoms with Gasteiger partial charge in [0.25, 0.3) is 0 Å². The van der Waals surface area contributed by atoms with Crippen LogP contribution in [0, 0.1) is 0 Å². The average Bonchev–Trinajstić information content (AvgIpc) is 2.05. The molecule has 1 rings (SSSR count). The molecule has 2 unspecified atom stereocenters. The van der Waals surface area contributed by atoms with E-state index in [4.69, 9.17) is 9.47 Å². The third kappa shape index (κ3) is 1.75. The Labute approximate surface area is 72.3 Å². The molecule has 1 aliphatic carbocycles. The van der Waals surface area contributed by atoms with Gasteiger partial charge in [0.15, 0.2) is 0 Å². The first-order valence-corrected chi connectivity index (χ1v) is 3.98. The zero-order valence-electron chi connectivity index (χ0n) is 7.36. The van der Waals surface area contributed by atoms with Crippen molar-refractivity contribution in [2.45, 2.75) is 18.8 Å². The first-order chi connectivity index (χ1) is 5.73. The van der Waals surface area contributed by atoms with E-state index in [1.54, 1.807) is 18.2 Å². The van der Waals surface area contributed by atoms with E-state index in [0.29, 0.717) is 6.61 Å². The number of ether oxygens (including phenoxy) is 2. The molecule has 0 bridgehead atoms. The Morgan fingerprint density at radius 1 is 1.50 bits per heavy atom. The van der Waals surface area contributed by atoms with Gasteiger partial charge in [-0.3, -0.25) is 0 Å². The lowest BCUT2D eigenvalue weighted by molar-refractivity contribution is -0.215. The van der Waals surface area contributed by atoms with Gasteiger partial charge in [0.1, 0.15) is 6.10 Å². The van der Waals surface area contributed by atoms with Crippen molar-refractivity contribution in [3.05, 3.63) is 24.3 Å². The summed E-state index contributed by atoms with van der Waals surface area (Å²) in [6.07, 6.45) is 6.50. The number of hydrogen-bond donors (Lipinski definition) is 1. The summed E-state index contributed by atoms with van der Waals surface area (Å²) in [5, 5.41) is 9.85. The summed E-state index contributed by atoms with van der Waals surface area (Å²) < 4.78 is 10.2. The van der Waals surface area contributed by atoms with E-state index in [1.165, 1.54) is 7.11 Å². The molecular weight excluding hydrogens is 156 g/mol. The first kappa shape index (κ1) is 9.45. The van der Waals surface area contributed by atoms with Crippen LogP contribution in [0.25, 0.3) is 0 Å². The van der Waals surface area contributed by atoms with Gasteiger partial charge in [-0.15, -0.1) is 0 Å². The summed E-state index contributed by atoms with van der Waals surface area (Å²) in [5.74, 6) is -1.29. The summed E-state index contributed by atoms with van der Waals surface area (Å²) in [5.41, 5.74) is 0. The zero-order valence-corrected chi connectivity index (χ0v) is 7.36. The zero-order chi connectivity index (χ0) is 9.03. The molecule has 2 atom stereocenters. The summed E-state index contributed by atoms with van der Waals surface area (Å²) in [4.78, 5) is 0. The van der Waals surface area contributed by atoms with Gasteiger partial charge in [0.2, 0.25) is 5.79 Å². The lowest BCUT2D eigenvalue weighted by atomic mass is 10.0. The van der Waals surface area contributed by atoms with Gasteiger partial charge in [-0.2, -0.15) is 0 Å². The van der Waals surface area contributed by atoms with Gasteiger partial charge in [0.05, 0.1) is 0 Å². The summed E-state index contributed by atoms with van der Waals surface area (Å²) in [7, 11) is 1.54. The second kappa shape index (κ2) is 3.85. The predicted octanol–water partition coefficient (Wildman–Crippen LogP) is 0.853. The van der Waals surface area contributed by atoms with Crippen LogP contribution in [-0.2, 0) is 9.47 Å². The Bertz CT molecular complexity index is 198. The molecule has 0 heterocycles. The van der Waals surface area contributed by atoms with E-state index < -0.39 is 11.9 Å². The summed E-state index contributed by atoms with van der Waals surface area (Å²) in [6, 6.07) is 0. The Hall–Kier alpha value is -0.640. The smallest absolute Gasteiger partial charge is 0.216 e. The molecule has 0 fully saturated rings. The SMILES string of the molecule is CCOC1(O)C=CC=CC1OC. The van der Waals surface area contributed by atoms with Gasteiger partial charge in [-0.05, 0) is 13.0 Å². The van der Waals surface area contributed by atoms with Crippen LogP contribution in [0.2, 0.25) is 0 Å². The van der Waals surface area contributed by atoms with E-state index >= 15 is 0 Å². The van der Waals surface area contributed by atoms with E-state index in [2.05, 4.69) is 0 Å². The third-order valence-electron chi connectivity index (χ3n) is 1.77. The lowest BCUT2D eigenvalue weighted by Gasteiger charge is -2.31. The maximum atomic E-state index is 9.85. The molecule has 0 saturated heterocycles. The number of hydrogen-bond acceptors (Lipinski definition) is 3. The molecule has 0 saturated carbocycles. The highest BCUT2D eigenvalue weighted by molar-refractivity contribution is 5.19. The molecule has 12 heavy (non-hydrogen) atoms. The quantitative estimate of drug-likeness (QED) is 0.638. The van der Waals surface area contributed by atoms with Crippen LogP contribution >= 0.6 is 0 Å². The van der Waals surface area contributed by atoms with Crippen LogP contribution < -0.4 is 0 Å². The van der Waals surface area contributed by atoms with Crippen molar-refractivity contribution in [3.8, 4) is 0 Å². The molecule has 1 aliphatic rings. The van der Waals surface area contributed by atoms with E-state index in [9.17, 15) is 5.11 Å². The molecule has 0 aromatic rings. The van der Waals surface area contributed by atoms with Crippen molar-refractivity contribution in [2.24, 2.45) is 0 Å². The Morgan fingerprint density at radius 3 is 2.83 bits per heavy atom. The van der Waals surface area contributed by atoms with Crippen LogP contribution in [-0.4, -0.2) is 30.7 Å². The monoisotopic (exact) mass is 170 g/mol. The number of methoxy groups -OCH3 is 1. The van der Waals surface area contributed by atoms with Crippen LogP contribution in [0.1, 0.15) is 6.92 Å². The standard InChI is InChI=1S/C9H14O3/c1-3-12-9(10)7-5-4-6-8(9)11-2/h4-8,10H,3H2,1-2H3. The minimum absolute atomic E-state index is 0.414. The van der Waals surface area contributed by atoms with E-state index in [0.717, 1.165) is 0 Å². The third-order valence-corrected chi connectivity index (χ3v) is 1.77. The topological polar surface area (TPSA) is 38.7 Å². The first-order valence-electron chi connectivity index (χ1n) is 3.98. The fourth-order valence-electron chi connectivity index (χ4n) is 1.20. The molecule has 0 radical (unpaired) electrons. The number of aliphatic hydroxyl groups is 1. The molecule has 0 aromatic heterocycles. The Morgan fingerprint density at radius 2 is 2.25 bits per heavy atom. The van der Waals surface area contributed by atoms with Crippen molar-refractivity contribution in [3.63, 3.8) is 0 Å². The number of allylic oxidation sites excluding steroid dienone is 2. The second-order valence-corrected chi connectivity index (χ2v) is 2.59. The second-order valence-electron chi connectivity index (χ2n) is 2.59. The molecular formula is C9H14O3. The fourth-order valence-corrected chi connectivity index (χ4v) is 1.20. The largest absolute Gasteiger partial charge is 0.371 e. The van der Waals surface area contributed by atoms with Crippen molar-refractivity contribution >= 4 is 0 Å². The summed E-state index contributed by atoms with van der Waals surface area (Å²) in [6.45, 7) is 2.28. The average molecular weight is 170 g/mol. The van der Waals surface area contributed by atoms with Crippen molar-refractivity contribution in [1.29, 1.82) is 0 Å². The van der Waals surface area contributed by atoms with Gasteiger partial charge in [-0.25, -0.2) is 0 Å². The maximum Gasteiger partial charge on any atom is 0.216 e. The Kier molecular flexibility index (Phi) is 3.03. The molecule has 0 aromatic carbocycles. The molecule has 3 heteroatoms. The van der Waals surface area contributed by atoms with Gasteiger partial charge < -0.3 is 14.6 Å². The van der Waals surface area contributed by atoms with Gasteiger partial charge in [-0.1, -0.05) is 18.2 Å². The normalized spacial score (nSPS) is 34.1. The predicted molar refractivity (Wildman–Crippen MR) is 45.7 cm³/mol. The molecule has 68 valence electrons. The Balaban J connectivity index is 2.72. The van der Waals surface area contributed by atoms with Crippen molar-refractivity contribution < 1.29 is 14.6 Å². The van der Waals surface area contributed by atoms with Crippen LogP contribution in [0.4, 0.5) is 0 Å². The fraction of sp³-hybridized carbons (Fsp3) is 0.556. The van der Waals surface area contributed by atoms with Crippen molar-refractivity contribution in [2.75, 3.05) is 13.7 Å². The van der Waals surface area contributed by atoms with Gasteiger partial charge >= 0.3 is 0 Å². The van der Waals surface area contributed by atoms with E-state index in [-0.39, 0.29) is 0 Å². The highest BCUT2D eigenvalue weighted by Crippen LogP contribution is 2.21. The van der Waals surface area contributed by atoms with Gasteiger partial charge in [0, 0.05) is 13.7 Å². The lowest BCUT2D eigenvalue weighted by Crippen LogP contribution is -2.44. The summed E-state index contributed by atoms with van der Waals surface area (Å²) >= 11 is 0. The van der Waals surface area contributed by atoms with Crippen LogP contribution in [0.5, 0.6) is 0 Å². The molecule has 0 spiro atoms. The van der Waals surface area contributed by atoms with Crippen molar-refractivity contribution in [1.82, 2.24) is 0 Å². The van der Waals surface area contributed by atoms with Crippen LogP contribution in [0.15, 0.2) is 24.3 Å². The molecule has 0 aliphatic heterocycles. The maximum absolute atomic E-state index is 9.85. The van der Waals surface area contributed by atoms with Crippen LogP contribution in [0.3, 0.4) is 0 Å². The molecule has 1 N–H and O–H groups in total. The minimum Gasteiger partial charge on any atom is -0.371 e. The highest BCUT2D eigenvalue weighted by Gasteiger charge is 2.34. The minimum atomic E-state index is -1.29. The molecule has 3 nitrogen and oxygen atoms in total.